The van der Waals surface area contributed by atoms with Gasteiger partial charge < -0.3 is 4.74 Å². The molecule has 1 N–H and O–H groups in total. The summed E-state index contributed by atoms with van der Waals surface area (Å²) in [6.45, 7) is 11.8. The fourth-order valence-corrected chi connectivity index (χ4v) is 2.15. The molecule has 0 aromatic heterocycles. The van der Waals surface area contributed by atoms with E-state index in [4.69, 9.17) is 4.74 Å². The van der Waals surface area contributed by atoms with E-state index < -0.39 is 0 Å². The number of carbonyl (C=O) groups is 1. The first kappa shape index (κ1) is 16.2. The van der Waals surface area contributed by atoms with Crippen molar-refractivity contribution in [3.8, 4) is 0 Å². The summed E-state index contributed by atoms with van der Waals surface area (Å²) < 4.78 is 5.53. The van der Waals surface area contributed by atoms with Crippen molar-refractivity contribution in [1.82, 2.24) is 5.32 Å². The van der Waals surface area contributed by atoms with Crippen molar-refractivity contribution in [3.63, 3.8) is 0 Å². The second-order valence-corrected chi connectivity index (χ2v) is 4.47. The lowest BCUT2D eigenvalue weighted by atomic mass is 9.93. The first-order valence-corrected chi connectivity index (χ1v) is 6.88. The molecule has 0 spiro atoms. The number of carbonyl (C=O) groups excluding carboxylic acids is 1. The quantitative estimate of drug-likeness (QED) is 0.597. The van der Waals surface area contributed by atoms with Crippen LogP contribution in [-0.4, -0.2) is 24.7 Å². The minimum atomic E-state index is -0.340. The molecule has 108 valence electrons. The van der Waals surface area contributed by atoms with E-state index in [-0.39, 0.29) is 24.7 Å². The van der Waals surface area contributed by atoms with Gasteiger partial charge in [-0.15, -0.1) is 0 Å². The largest absolute Gasteiger partial charge is 0.454 e. The molecule has 1 heterocycles. The predicted octanol–water partition coefficient (Wildman–Crippen LogP) is 3.08. The lowest BCUT2D eigenvalue weighted by molar-refractivity contribution is -0.151. The zero-order valence-electron chi connectivity index (χ0n) is 12.3. The number of cyclic esters (lactones) is 1. The zero-order valence-corrected chi connectivity index (χ0v) is 12.3. The highest BCUT2D eigenvalue weighted by Gasteiger charge is 2.33. The van der Waals surface area contributed by atoms with Crippen LogP contribution in [0.3, 0.4) is 0 Å². The van der Waals surface area contributed by atoms with Crippen LogP contribution in [0.15, 0.2) is 60.8 Å². The average Bonchev–Trinajstić information content (AvgIpc) is 2.46. The molecule has 1 fully saturated rings. The molecule has 1 saturated heterocycles. The molecule has 0 amide bonds. The first-order chi connectivity index (χ1) is 9.67. The maximum absolute atomic E-state index is 11.6. The lowest BCUT2D eigenvalue weighted by Gasteiger charge is -2.33. The summed E-state index contributed by atoms with van der Waals surface area (Å²) in [5.41, 5.74) is 1.94. The second kappa shape index (κ2) is 8.33. The minimum Gasteiger partial charge on any atom is -0.454 e. The van der Waals surface area contributed by atoms with Crippen molar-refractivity contribution in [2.24, 2.45) is 0 Å². The molecule has 0 aliphatic carbocycles. The Balaban J connectivity index is 3.10. The molecule has 20 heavy (non-hydrogen) atoms. The van der Waals surface area contributed by atoms with Crippen LogP contribution < -0.4 is 5.32 Å². The maximum atomic E-state index is 11.6. The number of hydrogen-bond acceptors (Lipinski definition) is 3. The van der Waals surface area contributed by atoms with Crippen molar-refractivity contribution in [2.45, 2.75) is 32.4 Å². The van der Waals surface area contributed by atoms with Crippen LogP contribution in [-0.2, 0) is 9.53 Å². The van der Waals surface area contributed by atoms with Gasteiger partial charge in [0.15, 0.2) is 0 Å². The Hall–Kier alpha value is -1.87. The number of hydrogen-bond donors (Lipinski definition) is 1. The van der Waals surface area contributed by atoms with E-state index >= 15 is 0 Å². The summed E-state index contributed by atoms with van der Waals surface area (Å²) >= 11 is 0. The molecule has 0 aromatic carbocycles. The van der Waals surface area contributed by atoms with E-state index in [1.165, 1.54) is 0 Å². The van der Waals surface area contributed by atoms with Gasteiger partial charge in [0, 0.05) is 0 Å². The molecule has 1 rings (SSSR count). The Labute approximate surface area is 121 Å². The standard InChI is InChI=1S/C17H23NO2/c1-5-9-11-14(8-4)17-16(13(7-3)10-6-2)18-12-15(19)20-17/h6-11,16-18H,2-3,5,12H2,1,4H3/b11-9-,13-10+,14-8+. The molecule has 2 atom stereocenters. The summed E-state index contributed by atoms with van der Waals surface area (Å²) in [5, 5.41) is 3.21. The van der Waals surface area contributed by atoms with Gasteiger partial charge in [0.2, 0.25) is 0 Å². The van der Waals surface area contributed by atoms with Gasteiger partial charge in [-0.3, -0.25) is 10.1 Å². The Morgan fingerprint density at radius 2 is 2.20 bits per heavy atom. The number of morpholine rings is 1. The highest BCUT2D eigenvalue weighted by Crippen LogP contribution is 2.22. The van der Waals surface area contributed by atoms with Crippen LogP contribution in [0.1, 0.15) is 20.3 Å². The van der Waals surface area contributed by atoms with Crippen LogP contribution in [0.4, 0.5) is 0 Å². The van der Waals surface area contributed by atoms with Gasteiger partial charge in [-0.1, -0.05) is 56.5 Å². The van der Waals surface area contributed by atoms with Crippen molar-refractivity contribution in [2.75, 3.05) is 6.54 Å². The van der Waals surface area contributed by atoms with E-state index in [2.05, 4.69) is 31.5 Å². The molecule has 0 bridgehead atoms. The summed E-state index contributed by atoms with van der Waals surface area (Å²) in [6, 6.07) is -0.101. The van der Waals surface area contributed by atoms with Gasteiger partial charge in [-0.2, -0.15) is 0 Å². The number of nitrogens with one attached hydrogen (secondary N) is 1. The normalized spacial score (nSPS) is 24.6. The number of ether oxygens (including phenoxy) is 1. The fourth-order valence-electron chi connectivity index (χ4n) is 2.15. The predicted molar refractivity (Wildman–Crippen MR) is 83.3 cm³/mol. The van der Waals surface area contributed by atoms with Crippen molar-refractivity contribution < 1.29 is 9.53 Å². The smallest absolute Gasteiger partial charge is 0.320 e. The first-order valence-electron chi connectivity index (χ1n) is 6.88. The topological polar surface area (TPSA) is 38.3 Å². The Kier molecular flexibility index (Phi) is 6.74. The van der Waals surface area contributed by atoms with Gasteiger partial charge in [0.1, 0.15) is 6.10 Å². The molecule has 1 aliphatic heterocycles. The van der Waals surface area contributed by atoms with Crippen molar-refractivity contribution in [1.29, 1.82) is 0 Å². The Morgan fingerprint density at radius 1 is 1.45 bits per heavy atom. The highest BCUT2D eigenvalue weighted by atomic mass is 16.5. The van der Waals surface area contributed by atoms with Crippen LogP contribution in [0.5, 0.6) is 0 Å². The van der Waals surface area contributed by atoms with Gasteiger partial charge >= 0.3 is 5.97 Å². The van der Waals surface area contributed by atoms with E-state index in [0.717, 1.165) is 17.6 Å². The van der Waals surface area contributed by atoms with Crippen molar-refractivity contribution >= 4 is 5.97 Å². The maximum Gasteiger partial charge on any atom is 0.320 e. The molecule has 0 radical (unpaired) electrons. The fraction of sp³-hybridized carbons (Fsp3) is 0.353. The van der Waals surface area contributed by atoms with E-state index in [1.807, 2.05) is 25.2 Å². The van der Waals surface area contributed by atoms with E-state index in [0.29, 0.717) is 0 Å². The van der Waals surface area contributed by atoms with Crippen LogP contribution in [0.2, 0.25) is 0 Å². The Morgan fingerprint density at radius 3 is 2.75 bits per heavy atom. The van der Waals surface area contributed by atoms with E-state index in [9.17, 15) is 4.79 Å². The third-order valence-corrected chi connectivity index (χ3v) is 3.14. The van der Waals surface area contributed by atoms with Gasteiger partial charge in [-0.05, 0) is 24.5 Å². The SMILES string of the molecule is C=C/C=C(\C=C)C1NCC(=O)OC1C(/C=C\CC)=C/C. The monoisotopic (exact) mass is 273 g/mol. The zero-order chi connectivity index (χ0) is 15.0. The molecule has 3 nitrogen and oxygen atoms in total. The molecule has 2 unspecified atom stereocenters. The number of allylic oxidation sites excluding steroid dienone is 4. The van der Waals surface area contributed by atoms with Gasteiger partial charge in [0.05, 0.1) is 12.6 Å². The summed E-state index contributed by atoms with van der Waals surface area (Å²) in [4.78, 5) is 11.6. The molecular weight excluding hydrogens is 250 g/mol. The highest BCUT2D eigenvalue weighted by molar-refractivity contribution is 5.73. The molecule has 0 saturated carbocycles. The lowest BCUT2D eigenvalue weighted by Crippen LogP contribution is -2.52. The van der Waals surface area contributed by atoms with Gasteiger partial charge in [0.25, 0.3) is 0 Å². The molecule has 0 aromatic rings. The number of esters is 1. The van der Waals surface area contributed by atoms with Crippen LogP contribution >= 0.6 is 0 Å². The second-order valence-electron chi connectivity index (χ2n) is 4.47. The third kappa shape index (κ3) is 4.07. The van der Waals surface area contributed by atoms with Crippen LogP contribution in [0.25, 0.3) is 0 Å². The van der Waals surface area contributed by atoms with Gasteiger partial charge in [-0.25, -0.2) is 0 Å². The van der Waals surface area contributed by atoms with E-state index in [1.54, 1.807) is 12.2 Å². The average molecular weight is 273 g/mol. The minimum absolute atomic E-state index is 0.101. The molecule has 1 aliphatic rings. The molecule has 3 heteroatoms. The number of rotatable bonds is 6. The molecular formula is C17H23NO2. The third-order valence-electron chi connectivity index (χ3n) is 3.14. The summed E-state index contributed by atoms with van der Waals surface area (Å²) in [6.07, 6.45) is 12.0. The summed E-state index contributed by atoms with van der Waals surface area (Å²) in [7, 11) is 0. The van der Waals surface area contributed by atoms with Crippen molar-refractivity contribution in [3.05, 3.63) is 60.8 Å². The summed E-state index contributed by atoms with van der Waals surface area (Å²) in [5.74, 6) is -0.238. The van der Waals surface area contributed by atoms with Crippen LogP contribution in [0, 0.1) is 0 Å². The Bertz CT molecular complexity index is 458.